The summed E-state index contributed by atoms with van der Waals surface area (Å²) >= 11 is 0. The van der Waals surface area contributed by atoms with Crippen molar-refractivity contribution in [1.29, 1.82) is 0 Å². The van der Waals surface area contributed by atoms with Crippen molar-refractivity contribution in [3.63, 3.8) is 0 Å². The van der Waals surface area contributed by atoms with E-state index < -0.39 is 0 Å². The van der Waals surface area contributed by atoms with Crippen molar-refractivity contribution >= 4 is 0 Å². The van der Waals surface area contributed by atoms with Crippen molar-refractivity contribution in [2.45, 2.75) is 76.8 Å². The Morgan fingerprint density at radius 3 is 2.53 bits per heavy atom. The van der Waals surface area contributed by atoms with Gasteiger partial charge in [-0.05, 0) is 45.1 Å². The maximum absolute atomic E-state index is 6.35. The summed E-state index contributed by atoms with van der Waals surface area (Å²) in [5, 5.41) is 0. The van der Waals surface area contributed by atoms with Gasteiger partial charge in [0, 0.05) is 18.6 Å². The molecule has 0 bridgehead atoms. The number of nitrogens with zero attached hydrogens (tertiary/aromatic N) is 1. The van der Waals surface area contributed by atoms with E-state index in [9.17, 15) is 0 Å². The molecule has 1 aliphatic heterocycles. The van der Waals surface area contributed by atoms with Gasteiger partial charge in [-0.2, -0.15) is 0 Å². The minimum Gasteiger partial charge on any atom is -0.327 e. The fraction of sp³-hybridized carbons (Fsp3) is 1.00. The molecule has 3 unspecified atom stereocenters. The number of rotatable bonds is 2. The Balaban J connectivity index is 1.88. The van der Waals surface area contributed by atoms with Gasteiger partial charge in [0.05, 0.1) is 0 Å². The second kappa shape index (κ2) is 6.75. The molecular formula is C15H30N2. The summed E-state index contributed by atoms with van der Waals surface area (Å²) in [6, 6.07) is 1.25. The quantitative estimate of drug-likeness (QED) is 0.749. The average Bonchev–Trinajstić information content (AvgIpc) is 2.63. The van der Waals surface area contributed by atoms with Gasteiger partial charge in [0.1, 0.15) is 0 Å². The van der Waals surface area contributed by atoms with Crippen LogP contribution in [-0.2, 0) is 0 Å². The molecule has 1 heterocycles. The van der Waals surface area contributed by atoms with E-state index in [1.165, 1.54) is 70.9 Å². The lowest BCUT2D eigenvalue weighted by Crippen LogP contribution is -2.42. The molecule has 1 saturated carbocycles. The van der Waals surface area contributed by atoms with Crippen molar-refractivity contribution in [3.05, 3.63) is 0 Å². The molecule has 2 fully saturated rings. The smallest absolute Gasteiger partial charge is 0.00793 e. The first-order valence-electron chi connectivity index (χ1n) is 7.77. The lowest BCUT2D eigenvalue weighted by atomic mass is 9.94. The zero-order valence-electron chi connectivity index (χ0n) is 11.5. The molecule has 1 saturated heterocycles. The van der Waals surface area contributed by atoms with E-state index in [-0.39, 0.29) is 0 Å². The highest BCUT2D eigenvalue weighted by Crippen LogP contribution is 2.25. The van der Waals surface area contributed by atoms with Crippen LogP contribution in [0.3, 0.4) is 0 Å². The Bertz CT molecular complexity index is 195. The molecule has 2 aliphatic rings. The van der Waals surface area contributed by atoms with Crippen molar-refractivity contribution in [3.8, 4) is 0 Å². The Hall–Kier alpha value is -0.0800. The van der Waals surface area contributed by atoms with E-state index in [0.29, 0.717) is 6.04 Å². The molecule has 2 N–H and O–H groups in total. The number of hydrogen-bond donors (Lipinski definition) is 1. The molecular weight excluding hydrogens is 208 g/mol. The highest BCUT2D eigenvalue weighted by molar-refractivity contribution is 4.82. The second-order valence-corrected chi connectivity index (χ2v) is 6.26. The fourth-order valence-corrected chi connectivity index (χ4v) is 3.55. The van der Waals surface area contributed by atoms with Gasteiger partial charge in [0.25, 0.3) is 0 Å². The van der Waals surface area contributed by atoms with Crippen LogP contribution in [0.25, 0.3) is 0 Å². The lowest BCUT2D eigenvalue weighted by Gasteiger charge is -2.33. The maximum atomic E-state index is 6.35. The zero-order valence-corrected chi connectivity index (χ0v) is 11.5. The van der Waals surface area contributed by atoms with Gasteiger partial charge < -0.3 is 10.6 Å². The molecule has 0 aromatic rings. The van der Waals surface area contributed by atoms with E-state index in [0.717, 1.165) is 12.0 Å². The van der Waals surface area contributed by atoms with Crippen LogP contribution < -0.4 is 5.73 Å². The van der Waals surface area contributed by atoms with Gasteiger partial charge in [0.2, 0.25) is 0 Å². The lowest BCUT2D eigenvalue weighted by molar-refractivity contribution is 0.164. The summed E-state index contributed by atoms with van der Waals surface area (Å²) in [4.78, 5) is 2.73. The van der Waals surface area contributed by atoms with E-state index in [1.807, 2.05) is 0 Å². The van der Waals surface area contributed by atoms with Crippen LogP contribution >= 0.6 is 0 Å². The molecule has 1 aliphatic carbocycles. The van der Waals surface area contributed by atoms with Crippen LogP contribution in [0, 0.1) is 5.92 Å². The van der Waals surface area contributed by atoms with Gasteiger partial charge in [0.15, 0.2) is 0 Å². The monoisotopic (exact) mass is 238 g/mol. The van der Waals surface area contributed by atoms with Gasteiger partial charge >= 0.3 is 0 Å². The number of likely N-dealkylation sites (tertiary alicyclic amines) is 1. The van der Waals surface area contributed by atoms with Gasteiger partial charge in [-0.1, -0.05) is 32.1 Å². The highest BCUT2D eigenvalue weighted by Gasteiger charge is 2.25. The summed E-state index contributed by atoms with van der Waals surface area (Å²) in [5.74, 6) is 0.762. The third-order valence-corrected chi connectivity index (χ3v) is 4.88. The first kappa shape index (κ1) is 13.4. The van der Waals surface area contributed by atoms with Crippen LogP contribution in [0.2, 0.25) is 0 Å². The highest BCUT2D eigenvalue weighted by atomic mass is 15.2. The molecule has 2 nitrogen and oxygen atoms in total. The molecule has 0 aromatic heterocycles. The molecule has 0 aromatic carbocycles. The Morgan fingerprint density at radius 2 is 1.65 bits per heavy atom. The molecule has 0 radical (unpaired) electrons. The van der Waals surface area contributed by atoms with Crippen LogP contribution in [0.1, 0.15) is 64.7 Å². The van der Waals surface area contributed by atoms with Crippen LogP contribution in [0.4, 0.5) is 0 Å². The van der Waals surface area contributed by atoms with Crippen molar-refractivity contribution in [1.82, 2.24) is 4.90 Å². The fourth-order valence-electron chi connectivity index (χ4n) is 3.55. The summed E-state index contributed by atoms with van der Waals surface area (Å²) in [6.45, 7) is 4.99. The molecule has 2 rings (SSSR count). The molecule has 17 heavy (non-hydrogen) atoms. The Labute approximate surface area is 107 Å². The second-order valence-electron chi connectivity index (χ2n) is 6.26. The maximum Gasteiger partial charge on any atom is 0.00793 e. The van der Waals surface area contributed by atoms with Crippen molar-refractivity contribution < 1.29 is 0 Å². The molecule has 0 amide bonds. The third-order valence-electron chi connectivity index (χ3n) is 4.88. The van der Waals surface area contributed by atoms with E-state index in [4.69, 9.17) is 5.73 Å². The largest absolute Gasteiger partial charge is 0.327 e. The SMILES string of the molecule is CC1CCCCCN1CC1CCCCCC1N. The Morgan fingerprint density at radius 1 is 0.941 bits per heavy atom. The van der Waals surface area contributed by atoms with Crippen LogP contribution in [-0.4, -0.2) is 30.1 Å². The van der Waals surface area contributed by atoms with Gasteiger partial charge in [-0.15, -0.1) is 0 Å². The molecule has 2 heteroatoms. The Kier molecular flexibility index (Phi) is 5.30. The van der Waals surface area contributed by atoms with E-state index >= 15 is 0 Å². The third kappa shape index (κ3) is 3.96. The first-order chi connectivity index (χ1) is 8.27. The summed E-state index contributed by atoms with van der Waals surface area (Å²) in [7, 11) is 0. The van der Waals surface area contributed by atoms with E-state index in [1.54, 1.807) is 0 Å². The van der Waals surface area contributed by atoms with Crippen LogP contribution in [0.15, 0.2) is 0 Å². The van der Waals surface area contributed by atoms with Gasteiger partial charge in [-0.25, -0.2) is 0 Å². The van der Waals surface area contributed by atoms with Crippen molar-refractivity contribution in [2.75, 3.05) is 13.1 Å². The van der Waals surface area contributed by atoms with Crippen LogP contribution in [0.5, 0.6) is 0 Å². The molecule has 0 spiro atoms. The number of nitrogens with two attached hydrogens (primary N) is 1. The van der Waals surface area contributed by atoms with E-state index in [2.05, 4.69) is 11.8 Å². The predicted octanol–water partition coefficient (Wildman–Crippen LogP) is 3.16. The first-order valence-corrected chi connectivity index (χ1v) is 7.77. The summed E-state index contributed by atoms with van der Waals surface area (Å²) < 4.78 is 0. The standard InChI is InChI=1S/C15H30N2/c1-13-8-4-3-7-11-17(13)12-14-9-5-2-6-10-15(14)16/h13-15H,2-12,16H2,1H3. The zero-order chi connectivity index (χ0) is 12.1. The summed E-state index contributed by atoms with van der Waals surface area (Å²) in [5.41, 5.74) is 6.35. The average molecular weight is 238 g/mol. The minimum absolute atomic E-state index is 0.466. The predicted molar refractivity (Wildman–Crippen MR) is 74.1 cm³/mol. The van der Waals surface area contributed by atoms with Gasteiger partial charge in [-0.3, -0.25) is 0 Å². The normalized spacial score (nSPS) is 37.4. The number of hydrogen-bond acceptors (Lipinski definition) is 2. The molecule has 100 valence electrons. The summed E-state index contributed by atoms with van der Waals surface area (Å²) in [6.07, 6.45) is 12.4. The minimum atomic E-state index is 0.466. The van der Waals surface area contributed by atoms with Crippen molar-refractivity contribution in [2.24, 2.45) is 11.7 Å². The molecule has 3 atom stereocenters. The topological polar surface area (TPSA) is 29.3 Å².